The fraction of sp³-hybridized carbons (Fsp3) is 0.840. The van der Waals surface area contributed by atoms with Crippen LogP contribution in [0.2, 0.25) is 0 Å². The topological polar surface area (TPSA) is 135 Å². The first kappa shape index (κ1) is 33.0. The van der Waals surface area contributed by atoms with Gasteiger partial charge in [-0.25, -0.2) is 4.79 Å². The Morgan fingerprint density at radius 2 is 0.914 bits per heavy atom. The number of hydrogen-bond acceptors (Lipinski definition) is 9. The zero-order valence-electron chi connectivity index (χ0n) is 21.3. The molecule has 0 aromatic carbocycles. The second kappa shape index (κ2) is 25.1. The Bertz CT molecular complexity index is 564. The summed E-state index contributed by atoms with van der Waals surface area (Å²) in [6.07, 6.45) is 10.7. The molecule has 0 aliphatic carbocycles. The molecule has 0 spiro atoms. The first-order valence-corrected chi connectivity index (χ1v) is 12.8. The molecule has 0 bridgehead atoms. The van der Waals surface area contributed by atoms with Gasteiger partial charge in [-0.15, -0.1) is 0 Å². The van der Waals surface area contributed by atoms with Crippen LogP contribution in [0.3, 0.4) is 0 Å². The summed E-state index contributed by atoms with van der Waals surface area (Å²) in [7, 11) is 0. The Kier molecular flexibility index (Phi) is 23.6. The molecule has 0 radical (unpaired) electrons. The first-order valence-electron chi connectivity index (χ1n) is 12.8. The van der Waals surface area contributed by atoms with E-state index in [2.05, 4.69) is 6.92 Å². The summed E-state index contributed by atoms with van der Waals surface area (Å²) in [5, 5.41) is 8.41. The lowest BCUT2D eigenvalue weighted by Gasteiger charge is -2.08. The highest BCUT2D eigenvalue weighted by atomic mass is 16.6. The molecule has 0 saturated carbocycles. The van der Waals surface area contributed by atoms with Gasteiger partial charge in [0.2, 0.25) is 5.78 Å². The molecule has 0 unspecified atom stereocenters. The number of carbonyl (C=O) groups excluding carboxylic acids is 3. The van der Waals surface area contributed by atoms with Crippen molar-refractivity contribution >= 4 is 23.7 Å². The fourth-order valence-corrected chi connectivity index (χ4v) is 3.02. The van der Waals surface area contributed by atoms with Gasteiger partial charge in [0.1, 0.15) is 13.2 Å². The molecule has 0 aliphatic heterocycles. The number of ketones is 1. The van der Waals surface area contributed by atoms with Gasteiger partial charge >= 0.3 is 17.9 Å². The Labute approximate surface area is 209 Å². The zero-order valence-corrected chi connectivity index (χ0v) is 21.3. The number of carbonyl (C=O) groups is 4. The number of esters is 2. The van der Waals surface area contributed by atoms with E-state index in [4.69, 9.17) is 28.8 Å². The molecule has 10 heteroatoms. The number of ether oxygens (including phenoxy) is 5. The van der Waals surface area contributed by atoms with Crippen molar-refractivity contribution in [3.63, 3.8) is 0 Å². The van der Waals surface area contributed by atoms with Gasteiger partial charge in [0, 0.05) is 12.8 Å². The van der Waals surface area contributed by atoms with E-state index in [0.717, 1.165) is 12.8 Å². The third-order valence-electron chi connectivity index (χ3n) is 5.00. The minimum atomic E-state index is -1.56. The van der Waals surface area contributed by atoms with E-state index in [9.17, 15) is 19.2 Å². The maximum Gasteiger partial charge on any atom is 0.372 e. The van der Waals surface area contributed by atoms with Crippen LogP contribution >= 0.6 is 0 Å². The van der Waals surface area contributed by atoms with Crippen LogP contribution in [0.1, 0.15) is 84.0 Å². The number of unbranched alkanes of at least 4 members (excludes halogenated alkanes) is 8. The maximum absolute atomic E-state index is 11.7. The maximum atomic E-state index is 11.7. The summed E-state index contributed by atoms with van der Waals surface area (Å²) < 4.78 is 25.9. The van der Waals surface area contributed by atoms with Crippen molar-refractivity contribution in [2.24, 2.45) is 0 Å². The van der Waals surface area contributed by atoms with E-state index in [1.165, 1.54) is 44.9 Å². The van der Waals surface area contributed by atoms with E-state index < -0.39 is 17.7 Å². The van der Waals surface area contributed by atoms with Crippen molar-refractivity contribution in [2.45, 2.75) is 84.0 Å². The third kappa shape index (κ3) is 24.9. The van der Waals surface area contributed by atoms with Gasteiger partial charge in [-0.05, 0) is 6.42 Å². The molecule has 0 heterocycles. The second-order valence-electron chi connectivity index (χ2n) is 8.08. The van der Waals surface area contributed by atoms with Crippen molar-refractivity contribution in [1.82, 2.24) is 0 Å². The minimum absolute atomic E-state index is 0.0149. The lowest BCUT2D eigenvalue weighted by Crippen LogP contribution is -2.17. The van der Waals surface area contributed by atoms with Gasteiger partial charge < -0.3 is 28.8 Å². The number of Topliss-reactive ketones (excluding diaryl/α,β-unsaturated/α-hetero) is 1. The molecule has 0 fully saturated rings. The van der Waals surface area contributed by atoms with Crippen LogP contribution in [-0.4, -0.2) is 81.7 Å². The van der Waals surface area contributed by atoms with Crippen LogP contribution in [0.5, 0.6) is 0 Å². The van der Waals surface area contributed by atoms with Gasteiger partial charge in [0.25, 0.3) is 0 Å². The molecule has 0 aliphatic rings. The van der Waals surface area contributed by atoms with Gasteiger partial charge in [0.15, 0.2) is 0 Å². The van der Waals surface area contributed by atoms with E-state index >= 15 is 0 Å². The van der Waals surface area contributed by atoms with Crippen LogP contribution in [0, 0.1) is 0 Å². The molecule has 10 nitrogen and oxygen atoms in total. The summed E-state index contributed by atoms with van der Waals surface area (Å²) in [6, 6.07) is 0. The van der Waals surface area contributed by atoms with Crippen molar-refractivity contribution in [1.29, 1.82) is 0 Å². The van der Waals surface area contributed by atoms with E-state index in [1.807, 2.05) is 0 Å². The van der Waals surface area contributed by atoms with Crippen LogP contribution < -0.4 is 0 Å². The number of carboxylic acids is 1. The summed E-state index contributed by atoms with van der Waals surface area (Å²) in [6.45, 7) is 4.38. The predicted molar refractivity (Wildman–Crippen MR) is 128 cm³/mol. The molecular weight excluding hydrogens is 460 g/mol. The van der Waals surface area contributed by atoms with Gasteiger partial charge in [-0.2, -0.15) is 0 Å². The fourth-order valence-electron chi connectivity index (χ4n) is 3.02. The largest absolute Gasteiger partial charge is 0.476 e. The molecule has 204 valence electrons. The summed E-state index contributed by atoms with van der Waals surface area (Å²) in [4.78, 5) is 44.2. The van der Waals surface area contributed by atoms with Crippen LogP contribution in [0.15, 0.2) is 0 Å². The highest BCUT2D eigenvalue weighted by molar-refractivity contribution is 6.32. The second-order valence-corrected chi connectivity index (χ2v) is 8.08. The first-order chi connectivity index (χ1) is 17.0. The smallest absolute Gasteiger partial charge is 0.372 e. The van der Waals surface area contributed by atoms with Crippen molar-refractivity contribution < 1.29 is 48.0 Å². The summed E-state index contributed by atoms with van der Waals surface area (Å²) in [5.41, 5.74) is 0. The average Bonchev–Trinajstić information content (AvgIpc) is 2.84. The minimum Gasteiger partial charge on any atom is -0.476 e. The number of aliphatic carboxylic acids is 1. The van der Waals surface area contributed by atoms with Crippen LogP contribution in [0.25, 0.3) is 0 Å². The van der Waals surface area contributed by atoms with E-state index in [0.29, 0.717) is 39.5 Å². The molecule has 1 N–H and O–H groups in total. The van der Waals surface area contributed by atoms with Crippen LogP contribution in [0.4, 0.5) is 0 Å². The SMILES string of the molecule is CCCCCCCCCCCC(=O)OCCOCCOCCOCCOC(=O)CCC(=O)C(=O)O. The Morgan fingerprint density at radius 1 is 0.514 bits per heavy atom. The monoisotopic (exact) mass is 504 g/mol. The molecule has 0 aromatic rings. The quantitative estimate of drug-likeness (QED) is 0.106. The van der Waals surface area contributed by atoms with Crippen molar-refractivity contribution in [3.05, 3.63) is 0 Å². The average molecular weight is 505 g/mol. The Balaban J connectivity index is 3.27. The Morgan fingerprint density at radius 3 is 1.37 bits per heavy atom. The number of carboxylic acid groups (broad SMARTS) is 1. The molecule has 0 aromatic heterocycles. The lowest BCUT2D eigenvalue weighted by atomic mass is 10.1. The predicted octanol–water partition coefficient (Wildman–Crippen LogP) is 3.48. The standard InChI is InChI=1S/C25H44O10/c1-2-3-4-5-6-7-8-9-10-11-23(27)34-20-18-32-16-14-31-15-17-33-19-21-35-24(28)13-12-22(26)25(29)30/h2-21H2,1H3,(H,29,30). The molecular formula is C25H44O10. The summed E-state index contributed by atoms with van der Waals surface area (Å²) >= 11 is 0. The molecule has 0 atom stereocenters. The van der Waals surface area contributed by atoms with Crippen molar-refractivity contribution in [3.8, 4) is 0 Å². The van der Waals surface area contributed by atoms with Gasteiger partial charge in [-0.1, -0.05) is 58.3 Å². The molecule has 0 saturated heterocycles. The number of rotatable bonds is 26. The lowest BCUT2D eigenvalue weighted by molar-refractivity contribution is -0.151. The molecule has 0 amide bonds. The highest BCUT2D eigenvalue weighted by Gasteiger charge is 2.14. The number of hydrogen-bond donors (Lipinski definition) is 1. The third-order valence-corrected chi connectivity index (χ3v) is 5.00. The van der Waals surface area contributed by atoms with Crippen LogP contribution in [-0.2, 0) is 42.9 Å². The van der Waals surface area contributed by atoms with Gasteiger partial charge in [0.05, 0.1) is 46.1 Å². The summed E-state index contributed by atoms with van der Waals surface area (Å²) in [5.74, 6) is -3.41. The van der Waals surface area contributed by atoms with Gasteiger partial charge in [-0.3, -0.25) is 14.4 Å². The van der Waals surface area contributed by atoms with E-state index in [1.54, 1.807) is 0 Å². The Hall–Kier alpha value is -2.04. The molecule has 0 rings (SSSR count). The molecule has 35 heavy (non-hydrogen) atoms. The highest BCUT2D eigenvalue weighted by Crippen LogP contribution is 2.10. The zero-order chi connectivity index (χ0) is 26.0. The normalized spacial score (nSPS) is 10.8. The van der Waals surface area contributed by atoms with E-state index in [-0.39, 0.29) is 38.6 Å². The van der Waals surface area contributed by atoms with Crippen molar-refractivity contribution in [2.75, 3.05) is 52.9 Å².